The number of carbonyl (C=O) groups is 1. The number of rotatable bonds is 6. The van der Waals surface area contributed by atoms with E-state index in [2.05, 4.69) is 11.0 Å². The highest BCUT2D eigenvalue weighted by molar-refractivity contribution is 5.99. The van der Waals surface area contributed by atoms with Crippen molar-refractivity contribution in [3.63, 3.8) is 0 Å². The Morgan fingerprint density at radius 2 is 1.80 bits per heavy atom. The van der Waals surface area contributed by atoms with Crippen molar-refractivity contribution in [3.8, 4) is 11.5 Å². The molecule has 1 unspecified atom stereocenters. The summed E-state index contributed by atoms with van der Waals surface area (Å²) < 4.78 is 15.8. The first-order valence-electron chi connectivity index (χ1n) is 8.61. The van der Waals surface area contributed by atoms with Gasteiger partial charge in [0.2, 0.25) is 5.91 Å². The molecule has 136 valence electrons. The Bertz CT molecular complexity index is 637. The largest absolute Gasteiger partial charge is 0.497 e. The van der Waals surface area contributed by atoms with Crippen LogP contribution in [0.1, 0.15) is 12.8 Å². The molecule has 1 aromatic rings. The first-order chi connectivity index (χ1) is 12.2. The smallest absolute Gasteiger partial charge is 0.244 e. The summed E-state index contributed by atoms with van der Waals surface area (Å²) in [7, 11) is 4.95. The van der Waals surface area contributed by atoms with E-state index in [9.17, 15) is 4.79 Å². The van der Waals surface area contributed by atoms with Crippen LogP contribution in [0.3, 0.4) is 0 Å². The number of benzene rings is 1. The van der Waals surface area contributed by atoms with Gasteiger partial charge in [0.1, 0.15) is 11.5 Å². The highest BCUT2D eigenvalue weighted by Gasteiger charge is 2.37. The van der Waals surface area contributed by atoms with Gasteiger partial charge in [-0.05, 0) is 18.4 Å². The summed E-state index contributed by atoms with van der Waals surface area (Å²) in [6.45, 7) is 3.11. The first kappa shape index (κ1) is 17.8. The zero-order valence-corrected chi connectivity index (χ0v) is 15.2. The van der Waals surface area contributed by atoms with E-state index in [0.717, 1.165) is 31.6 Å². The lowest BCUT2D eigenvalue weighted by molar-refractivity contribution is -0.121. The molecule has 2 heterocycles. The Balaban J connectivity index is 1.72. The monoisotopic (exact) mass is 346 g/mol. The van der Waals surface area contributed by atoms with Gasteiger partial charge in [0.15, 0.2) is 0 Å². The van der Waals surface area contributed by atoms with Crippen molar-refractivity contribution in [1.82, 2.24) is 4.90 Å². The third kappa shape index (κ3) is 3.80. The van der Waals surface area contributed by atoms with Gasteiger partial charge in [0, 0.05) is 44.9 Å². The molecule has 0 bridgehead atoms. The van der Waals surface area contributed by atoms with Crippen LogP contribution in [0.4, 0.5) is 5.69 Å². The number of ether oxygens (including phenoxy) is 3. The third-order valence-electron chi connectivity index (χ3n) is 4.93. The van der Waals surface area contributed by atoms with Gasteiger partial charge in [-0.1, -0.05) is 6.08 Å². The highest BCUT2D eigenvalue weighted by Crippen LogP contribution is 2.32. The second-order valence-corrected chi connectivity index (χ2v) is 6.41. The minimum Gasteiger partial charge on any atom is -0.497 e. The SMILES string of the molecule is COCC1=CCN(C2CCN(c3cc(OC)cc(OC)c3)C2=O)CC1. The number of methoxy groups -OCH3 is 3. The fourth-order valence-electron chi connectivity index (χ4n) is 3.53. The third-order valence-corrected chi connectivity index (χ3v) is 4.93. The predicted octanol–water partition coefficient (Wildman–Crippen LogP) is 2.09. The molecular weight excluding hydrogens is 320 g/mol. The number of amides is 1. The average Bonchev–Trinajstić information content (AvgIpc) is 3.03. The molecule has 1 atom stereocenters. The van der Waals surface area contributed by atoms with Gasteiger partial charge in [0.25, 0.3) is 0 Å². The second kappa shape index (κ2) is 7.89. The Labute approximate surface area is 148 Å². The Morgan fingerprint density at radius 1 is 1.08 bits per heavy atom. The van der Waals surface area contributed by atoms with Gasteiger partial charge in [-0.25, -0.2) is 0 Å². The summed E-state index contributed by atoms with van der Waals surface area (Å²) in [5.74, 6) is 1.53. The van der Waals surface area contributed by atoms with Crippen molar-refractivity contribution in [2.75, 3.05) is 52.5 Å². The van der Waals surface area contributed by atoms with Crippen LogP contribution in [-0.2, 0) is 9.53 Å². The molecule has 0 aliphatic carbocycles. The highest BCUT2D eigenvalue weighted by atomic mass is 16.5. The van der Waals surface area contributed by atoms with E-state index >= 15 is 0 Å². The maximum absolute atomic E-state index is 13.0. The van der Waals surface area contributed by atoms with Crippen LogP contribution in [0.25, 0.3) is 0 Å². The molecule has 2 aliphatic heterocycles. The minimum absolute atomic E-state index is 0.0578. The zero-order chi connectivity index (χ0) is 17.8. The topological polar surface area (TPSA) is 51.2 Å². The van der Waals surface area contributed by atoms with E-state index in [1.807, 2.05) is 23.1 Å². The number of hydrogen-bond donors (Lipinski definition) is 0. The number of carbonyl (C=O) groups excluding carboxylic acids is 1. The van der Waals surface area contributed by atoms with Crippen LogP contribution in [-0.4, -0.2) is 64.4 Å². The van der Waals surface area contributed by atoms with Crippen LogP contribution < -0.4 is 14.4 Å². The van der Waals surface area contributed by atoms with E-state index in [1.54, 1.807) is 21.3 Å². The standard InChI is InChI=1S/C19H26N2O4/c1-23-13-14-4-7-20(8-5-14)18-6-9-21(19(18)22)15-10-16(24-2)12-17(11-15)25-3/h4,10-12,18H,5-9,13H2,1-3H3. The summed E-state index contributed by atoms with van der Waals surface area (Å²) in [5, 5.41) is 0. The summed E-state index contributed by atoms with van der Waals surface area (Å²) >= 11 is 0. The zero-order valence-electron chi connectivity index (χ0n) is 15.2. The van der Waals surface area contributed by atoms with E-state index in [4.69, 9.17) is 14.2 Å². The van der Waals surface area contributed by atoms with Crippen LogP contribution in [0.15, 0.2) is 29.8 Å². The Hall–Kier alpha value is -2.05. The Morgan fingerprint density at radius 3 is 2.36 bits per heavy atom. The fraction of sp³-hybridized carbons (Fsp3) is 0.526. The maximum Gasteiger partial charge on any atom is 0.244 e. The second-order valence-electron chi connectivity index (χ2n) is 6.41. The first-order valence-corrected chi connectivity index (χ1v) is 8.61. The fourth-order valence-corrected chi connectivity index (χ4v) is 3.53. The summed E-state index contributed by atoms with van der Waals surface area (Å²) in [4.78, 5) is 17.1. The molecule has 6 heteroatoms. The Kier molecular flexibility index (Phi) is 5.60. The number of hydrogen-bond acceptors (Lipinski definition) is 5. The molecule has 1 aromatic carbocycles. The average molecular weight is 346 g/mol. The maximum atomic E-state index is 13.0. The van der Waals surface area contributed by atoms with Crippen molar-refractivity contribution in [2.24, 2.45) is 0 Å². The molecule has 0 spiro atoms. The summed E-state index contributed by atoms with van der Waals surface area (Å²) in [6.07, 6.45) is 3.99. The van der Waals surface area contributed by atoms with Crippen molar-refractivity contribution < 1.29 is 19.0 Å². The van der Waals surface area contributed by atoms with E-state index < -0.39 is 0 Å². The molecule has 0 radical (unpaired) electrons. The van der Waals surface area contributed by atoms with Crippen LogP contribution in [0.2, 0.25) is 0 Å². The normalized spacial score (nSPS) is 21.4. The quantitative estimate of drug-likeness (QED) is 0.738. The van der Waals surface area contributed by atoms with Crippen LogP contribution >= 0.6 is 0 Å². The molecule has 0 aromatic heterocycles. The van der Waals surface area contributed by atoms with Crippen LogP contribution in [0.5, 0.6) is 11.5 Å². The van der Waals surface area contributed by atoms with Gasteiger partial charge in [0.05, 0.1) is 32.6 Å². The molecule has 6 nitrogen and oxygen atoms in total. The number of anilines is 1. The molecule has 1 saturated heterocycles. The van der Waals surface area contributed by atoms with E-state index in [0.29, 0.717) is 24.7 Å². The lowest BCUT2D eigenvalue weighted by Gasteiger charge is -2.30. The van der Waals surface area contributed by atoms with Crippen molar-refractivity contribution in [2.45, 2.75) is 18.9 Å². The molecule has 0 N–H and O–H groups in total. The van der Waals surface area contributed by atoms with Gasteiger partial charge in [-0.3, -0.25) is 9.69 Å². The minimum atomic E-state index is -0.0578. The van der Waals surface area contributed by atoms with Crippen molar-refractivity contribution in [3.05, 3.63) is 29.8 Å². The van der Waals surface area contributed by atoms with Gasteiger partial charge in [-0.15, -0.1) is 0 Å². The van der Waals surface area contributed by atoms with Crippen LogP contribution in [0, 0.1) is 0 Å². The summed E-state index contributed by atoms with van der Waals surface area (Å²) in [5.41, 5.74) is 2.15. The lowest BCUT2D eigenvalue weighted by Crippen LogP contribution is -2.44. The molecular formula is C19H26N2O4. The van der Waals surface area contributed by atoms with Crippen molar-refractivity contribution >= 4 is 11.6 Å². The lowest BCUT2D eigenvalue weighted by atomic mass is 10.1. The van der Waals surface area contributed by atoms with E-state index in [1.165, 1.54) is 5.57 Å². The number of nitrogens with zero attached hydrogens (tertiary/aromatic N) is 2. The summed E-state index contributed by atoms with van der Waals surface area (Å²) in [6, 6.07) is 5.52. The predicted molar refractivity (Wildman–Crippen MR) is 96.5 cm³/mol. The molecule has 0 saturated carbocycles. The molecule has 3 rings (SSSR count). The molecule has 25 heavy (non-hydrogen) atoms. The molecule has 1 fully saturated rings. The van der Waals surface area contributed by atoms with Gasteiger partial charge >= 0.3 is 0 Å². The van der Waals surface area contributed by atoms with Gasteiger partial charge < -0.3 is 19.1 Å². The van der Waals surface area contributed by atoms with Crippen molar-refractivity contribution in [1.29, 1.82) is 0 Å². The van der Waals surface area contributed by atoms with E-state index in [-0.39, 0.29) is 11.9 Å². The molecule has 1 amide bonds. The van der Waals surface area contributed by atoms with Gasteiger partial charge in [-0.2, -0.15) is 0 Å². The molecule has 2 aliphatic rings.